The van der Waals surface area contributed by atoms with Crippen LogP contribution in [0.2, 0.25) is 0 Å². The normalized spacial score (nSPS) is 11.1. The Morgan fingerprint density at radius 1 is 1.36 bits per heavy atom. The molecule has 0 saturated carbocycles. The van der Waals surface area contributed by atoms with Crippen LogP contribution in [0, 0.1) is 6.92 Å². The average Bonchev–Trinajstić information content (AvgIpc) is 2.95. The van der Waals surface area contributed by atoms with Crippen molar-refractivity contribution in [2.45, 2.75) is 13.8 Å². The van der Waals surface area contributed by atoms with Crippen molar-refractivity contribution < 1.29 is 9.53 Å². The van der Waals surface area contributed by atoms with Crippen molar-refractivity contribution in [2.75, 3.05) is 12.3 Å². The Hall–Kier alpha value is -2.93. The lowest BCUT2D eigenvalue weighted by Gasteiger charge is -2.10. The van der Waals surface area contributed by atoms with Crippen LogP contribution in [0.1, 0.15) is 27.9 Å². The summed E-state index contributed by atoms with van der Waals surface area (Å²) in [5, 5.41) is 6.53. The minimum Gasteiger partial charge on any atom is -0.493 e. The highest BCUT2D eigenvalue weighted by Crippen LogP contribution is 2.26. The molecule has 3 N–H and O–H groups in total. The second kappa shape index (κ2) is 7.31. The monoisotopic (exact) mass is 354 g/mol. The number of carbonyl (C=O) groups excluding carboxylic acids is 1. The standard InChI is InChI=1S/C18H18N4O2S/c1-3-24-15-9-8-12-6-4-5-7-13(12)14(15)10-20-22-17(23)16-11(2)21-18(19)25-16/h4-10H,3H2,1-2H3,(H2,19,21)(H,22,23)/b20-10+. The summed E-state index contributed by atoms with van der Waals surface area (Å²) in [6, 6.07) is 11.8. The molecule has 0 bridgehead atoms. The fraction of sp³-hybridized carbons (Fsp3) is 0.167. The second-order valence-electron chi connectivity index (χ2n) is 5.30. The van der Waals surface area contributed by atoms with Gasteiger partial charge in [-0.15, -0.1) is 0 Å². The van der Waals surface area contributed by atoms with Crippen LogP contribution in [0.4, 0.5) is 5.13 Å². The smallest absolute Gasteiger partial charge is 0.283 e. The number of aryl methyl sites for hydroxylation is 1. The Morgan fingerprint density at radius 2 is 2.16 bits per heavy atom. The molecule has 3 rings (SSSR count). The fourth-order valence-electron chi connectivity index (χ4n) is 2.52. The summed E-state index contributed by atoms with van der Waals surface area (Å²) in [6.07, 6.45) is 1.60. The van der Waals surface area contributed by atoms with E-state index in [2.05, 4.69) is 15.5 Å². The van der Waals surface area contributed by atoms with Crippen LogP contribution in [0.5, 0.6) is 5.75 Å². The highest BCUT2D eigenvalue weighted by molar-refractivity contribution is 7.17. The third-order valence-electron chi connectivity index (χ3n) is 3.61. The molecule has 0 atom stereocenters. The van der Waals surface area contributed by atoms with Crippen molar-refractivity contribution in [1.82, 2.24) is 10.4 Å². The highest BCUT2D eigenvalue weighted by Gasteiger charge is 2.13. The molecule has 1 heterocycles. The summed E-state index contributed by atoms with van der Waals surface area (Å²) in [5.41, 5.74) is 9.56. The first-order valence-corrected chi connectivity index (χ1v) is 8.62. The Labute approximate surface area is 149 Å². The van der Waals surface area contributed by atoms with E-state index in [1.54, 1.807) is 13.1 Å². The Kier molecular flexibility index (Phi) is 4.95. The molecule has 0 saturated heterocycles. The minimum atomic E-state index is -0.332. The van der Waals surface area contributed by atoms with E-state index in [9.17, 15) is 4.79 Å². The Morgan fingerprint density at radius 3 is 2.88 bits per heavy atom. The number of benzene rings is 2. The van der Waals surface area contributed by atoms with E-state index < -0.39 is 0 Å². The van der Waals surface area contributed by atoms with E-state index in [-0.39, 0.29) is 5.91 Å². The molecule has 128 valence electrons. The van der Waals surface area contributed by atoms with Crippen LogP contribution >= 0.6 is 11.3 Å². The number of hydrogen-bond acceptors (Lipinski definition) is 6. The van der Waals surface area contributed by atoms with Gasteiger partial charge in [0.1, 0.15) is 10.6 Å². The van der Waals surface area contributed by atoms with Crippen molar-refractivity contribution in [3.8, 4) is 5.75 Å². The molecular weight excluding hydrogens is 336 g/mol. The molecule has 0 spiro atoms. The molecule has 6 nitrogen and oxygen atoms in total. The van der Waals surface area contributed by atoms with Gasteiger partial charge >= 0.3 is 0 Å². The summed E-state index contributed by atoms with van der Waals surface area (Å²) in [5.74, 6) is 0.388. The molecular formula is C18H18N4O2S. The number of nitrogen functional groups attached to an aromatic ring is 1. The van der Waals surface area contributed by atoms with Crippen LogP contribution in [0.3, 0.4) is 0 Å². The molecule has 0 fully saturated rings. The lowest BCUT2D eigenvalue weighted by atomic mass is 10.0. The first-order valence-electron chi connectivity index (χ1n) is 7.81. The van der Waals surface area contributed by atoms with Gasteiger partial charge in [0, 0.05) is 5.56 Å². The van der Waals surface area contributed by atoms with E-state index in [4.69, 9.17) is 10.5 Å². The molecule has 0 radical (unpaired) electrons. The molecule has 1 aromatic heterocycles. The average molecular weight is 354 g/mol. The van der Waals surface area contributed by atoms with Crippen LogP contribution in [0.25, 0.3) is 10.8 Å². The van der Waals surface area contributed by atoms with Crippen LogP contribution < -0.4 is 15.9 Å². The minimum absolute atomic E-state index is 0.332. The summed E-state index contributed by atoms with van der Waals surface area (Å²) in [4.78, 5) is 16.7. The van der Waals surface area contributed by atoms with Crippen molar-refractivity contribution in [3.63, 3.8) is 0 Å². The second-order valence-corrected chi connectivity index (χ2v) is 6.33. The van der Waals surface area contributed by atoms with E-state index in [0.717, 1.165) is 33.4 Å². The van der Waals surface area contributed by atoms with Crippen molar-refractivity contribution in [2.24, 2.45) is 5.10 Å². The number of nitrogens with one attached hydrogen (secondary N) is 1. The number of thiazole rings is 1. The first-order chi connectivity index (χ1) is 12.1. The number of anilines is 1. The molecule has 0 aliphatic carbocycles. The van der Waals surface area contributed by atoms with Crippen LogP contribution in [0.15, 0.2) is 41.5 Å². The number of nitrogens with two attached hydrogens (primary N) is 1. The van der Waals surface area contributed by atoms with Crippen LogP contribution in [-0.4, -0.2) is 23.7 Å². The zero-order valence-corrected chi connectivity index (χ0v) is 14.8. The number of ether oxygens (including phenoxy) is 1. The molecule has 25 heavy (non-hydrogen) atoms. The summed E-state index contributed by atoms with van der Waals surface area (Å²) in [6.45, 7) is 4.21. The number of aromatic nitrogens is 1. The van der Waals surface area contributed by atoms with E-state index in [0.29, 0.717) is 22.3 Å². The maximum absolute atomic E-state index is 12.2. The van der Waals surface area contributed by atoms with Gasteiger partial charge in [-0.25, -0.2) is 10.4 Å². The van der Waals surface area contributed by atoms with Crippen molar-refractivity contribution >= 4 is 39.4 Å². The summed E-state index contributed by atoms with van der Waals surface area (Å²) < 4.78 is 5.68. The van der Waals surface area contributed by atoms with Gasteiger partial charge in [0.25, 0.3) is 5.91 Å². The molecule has 3 aromatic rings. The molecule has 7 heteroatoms. The number of fused-ring (bicyclic) bond motifs is 1. The van der Waals surface area contributed by atoms with Gasteiger partial charge in [-0.05, 0) is 30.7 Å². The number of carbonyl (C=O) groups is 1. The topological polar surface area (TPSA) is 89.6 Å². The lowest BCUT2D eigenvalue weighted by Crippen LogP contribution is -2.17. The molecule has 1 amide bonds. The van der Waals surface area contributed by atoms with Crippen molar-refractivity contribution in [1.29, 1.82) is 0 Å². The molecule has 0 unspecified atom stereocenters. The molecule has 0 aliphatic heterocycles. The SMILES string of the molecule is CCOc1ccc2ccccc2c1/C=N/NC(=O)c1sc(N)nc1C. The van der Waals surface area contributed by atoms with Gasteiger partial charge in [-0.2, -0.15) is 5.10 Å². The number of amides is 1. The summed E-state index contributed by atoms with van der Waals surface area (Å²) >= 11 is 1.14. The maximum atomic E-state index is 12.2. The van der Waals surface area contributed by atoms with E-state index in [1.807, 2.05) is 43.3 Å². The quantitative estimate of drug-likeness (QED) is 0.543. The number of nitrogens with zero attached hydrogens (tertiary/aromatic N) is 2. The predicted molar refractivity (Wildman–Crippen MR) is 101 cm³/mol. The van der Waals surface area contributed by atoms with Gasteiger partial charge in [-0.1, -0.05) is 41.7 Å². The highest BCUT2D eigenvalue weighted by atomic mass is 32.1. The fourth-order valence-corrected chi connectivity index (χ4v) is 3.25. The van der Waals surface area contributed by atoms with Gasteiger partial charge in [-0.3, -0.25) is 4.79 Å². The van der Waals surface area contributed by atoms with Gasteiger partial charge < -0.3 is 10.5 Å². The predicted octanol–water partition coefficient (Wildman–Crippen LogP) is 3.35. The van der Waals surface area contributed by atoms with E-state index in [1.165, 1.54) is 0 Å². The first kappa shape index (κ1) is 16.9. The van der Waals surface area contributed by atoms with Gasteiger partial charge in [0.15, 0.2) is 5.13 Å². The Bertz CT molecular complexity index is 949. The summed E-state index contributed by atoms with van der Waals surface area (Å²) in [7, 11) is 0. The lowest BCUT2D eigenvalue weighted by molar-refractivity contribution is 0.0958. The van der Waals surface area contributed by atoms with Gasteiger partial charge in [0.05, 0.1) is 18.5 Å². The zero-order chi connectivity index (χ0) is 17.8. The van der Waals surface area contributed by atoms with Crippen LogP contribution in [-0.2, 0) is 0 Å². The molecule has 2 aromatic carbocycles. The number of hydrogen-bond donors (Lipinski definition) is 2. The van der Waals surface area contributed by atoms with Crippen molar-refractivity contribution in [3.05, 3.63) is 52.5 Å². The maximum Gasteiger partial charge on any atom is 0.283 e. The largest absolute Gasteiger partial charge is 0.493 e. The third kappa shape index (κ3) is 3.61. The zero-order valence-electron chi connectivity index (χ0n) is 13.9. The van der Waals surface area contributed by atoms with E-state index >= 15 is 0 Å². The third-order valence-corrected chi connectivity index (χ3v) is 4.59. The number of rotatable bonds is 5. The van der Waals surface area contributed by atoms with Gasteiger partial charge in [0.2, 0.25) is 0 Å². The molecule has 0 aliphatic rings. The Balaban J connectivity index is 1.88. The number of hydrazone groups is 1.